The molecule has 19 heavy (non-hydrogen) atoms. The number of rotatable bonds is 4. The lowest BCUT2D eigenvalue weighted by Crippen LogP contribution is -2.02. The minimum atomic E-state index is -0.363. The van der Waals surface area contributed by atoms with Crippen molar-refractivity contribution in [1.29, 1.82) is 0 Å². The van der Waals surface area contributed by atoms with Crippen molar-refractivity contribution in [2.24, 2.45) is 5.92 Å². The van der Waals surface area contributed by atoms with Crippen molar-refractivity contribution in [2.75, 3.05) is 6.79 Å². The predicted octanol–water partition coefficient (Wildman–Crippen LogP) is 3.73. The van der Waals surface area contributed by atoms with Crippen LogP contribution in [0, 0.1) is 16.0 Å². The van der Waals surface area contributed by atoms with Crippen molar-refractivity contribution in [2.45, 2.75) is 20.3 Å². The monoisotopic (exact) mass is 283 g/mol. The van der Waals surface area contributed by atoms with Crippen molar-refractivity contribution in [3.05, 3.63) is 38.5 Å². The maximum atomic E-state index is 11.0. The van der Waals surface area contributed by atoms with Crippen LogP contribution in [0.15, 0.2) is 17.8 Å². The van der Waals surface area contributed by atoms with E-state index < -0.39 is 0 Å². The zero-order valence-corrected chi connectivity index (χ0v) is 11.4. The van der Waals surface area contributed by atoms with Gasteiger partial charge in [0.2, 0.25) is 12.5 Å². The van der Waals surface area contributed by atoms with E-state index in [-0.39, 0.29) is 23.3 Å². The summed E-state index contributed by atoms with van der Waals surface area (Å²) < 4.78 is 10.4. The number of hydrogen-bond acceptors (Lipinski definition) is 4. The Labute approximate surface area is 115 Å². The van der Waals surface area contributed by atoms with E-state index >= 15 is 0 Å². The van der Waals surface area contributed by atoms with Crippen molar-refractivity contribution >= 4 is 17.7 Å². The Bertz CT molecular complexity index is 540. The maximum absolute atomic E-state index is 11.0. The van der Waals surface area contributed by atoms with Crippen LogP contribution in [0.3, 0.4) is 0 Å². The molecule has 0 aromatic heterocycles. The van der Waals surface area contributed by atoms with Gasteiger partial charge in [-0.3, -0.25) is 10.1 Å². The molecule has 0 fully saturated rings. The molecule has 0 atom stereocenters. The Kier molecular flexibility index (Phi) is 3.95. The molecule has 0 radical (unpaired) electrons. The Morgan fingerprint density at radius 2 is 2.26 bits per heavy atom. The zero-order chi connectivity index (χ0) is 14.0. The van der Waals surface area contributed by atoms with Crippen molar-refractivity contribution < 1.29 is 14.4 Å². The van der Waals surface area contributed by atoms with E-state index in [9.17, 15) is 10.1 Å². The third-order valence-electron chi connectivity index (χ3n) is 2.63. The number of nitro groups is 1. The fourth-order valence-electron chi connectivity index (χ4n) is 1.87. The molecule has 0 saturated carbocycles. The van der Waals surface area contributed by atoms with Gasteiger partial charge in [-0.25, -0.2) is 0 Å². The van der Waals surface area contributed by atoms with Gasteiger partial charge in [0.15, 0.2) is 11.5 Å². The summed E-state index contributed by atoms with van der Waals surface area (Å²) >= 11 is 6.04. The number of ether oxygens (including phenoxy) is 2. The van der Waals surface area contributed by atoms with Gasteiger partial charge < -0.3 is 9.47 Å². The van der Waals surface area contributed by atoms with Gasteiger partial charge in [0.05, 0.1) is 9.95 Å². The van der Waals surface area contributed by atoms with Gasteiger partial charge in [-0.05, 0) is 23.6 Å². The van der Waals surface area contributed by atoms with E-state index in [0.29, 0.717) is 28.5 Å². The third-order valence-corrected chi connectivity index (χ3v) is 2.92. The first-order valence-corrected chi connectivity index (χ1v) is 6.29. The number of hydrogen-bond donors (Lipinski definition) is 0. The van der Waals surface area contributed by atoms with Crippen molar-refractivity contribution in [3.63, 3.8) is 0 Å². The molecule has 0 aliphatic carbocycles. The summed E-state index contributed by atoms with van der Waals surface area (Å²) in [4.78, 5) is 10.6. The summed E-state index contributed by atoms with van der Waals surface area (Å²) in [5, 5.41) is 11.4. The molecule has 1 aromatic carbocycles. The van der Waals surface area contributed by atoms with Gasteiger partial charge >= 0.3 is 0 Å². The van der Waals surface area contributed by atoms with Crippen molar-refractivity contribution in [1.82, 2.24) is 0 Å². The van der Waals surface area contributed by atoms with Crippen LogP contribution in [0.2, 0.25) is 5.02 Å². The Balaban J connectivity index is 2.35. The van der Waals surface area contributed by atoms with Gasteiger partial charge in [0.1, 0.15) is 0 Å². The lowest BCUT2D eigenvalue weighted by Gasteiger charge is -2.04. The van der Waals surface area contributed by atoms with Crippen LogP contribution >= 0.6 is 11.6 Å². The van der Waals surface area contributed by atoms with Gasteiger partial charge in [0.25, 0.3) is 0 Å². The number of halogens is 1. The second-order valence-corrected chi connectivity index (χ2v) is 5.13. The lowest BCUT2D eigenvalue weighted by molar-refractivity contribution is -0.427. The average Bonchev–Trinajstić information content (AvgIpc) is 2.76. The second kappa shape index (κ2) is 5.48. The highest BCUT2D eigenvalue weighted by Gasteiger charge is 2.19. The number of fused-ring (bicyclic) bond motifs is 1. The normalized spacial score (nSPS) is 14.0. The fraction of sp³-hybridized carbons (Fsp3) is 0.385. The molecule has 1 aromatic rings. The molecule has 1 heterocycles. The van der Waals surface area contributed by atoms with Crippen LogP contribution in [0.25, 0.3) is 6.08 Å². The SMILES string of the molecule is CC(C)CC(=Cc1cc(Cl)c2c(c1)OCO2)[N+](=O)[O-]. The van der Waals surface area contributed by atoms with E-state index in [0.717, 1.165) is 0 Å². The first-order chi connectivity index (χ1) is 8.97. The molecule has 1 aliphatic heterocycles. The highest BCUT2D eigenvalue weighted by molar-refractivity contribution is 6.32. The molecule has 1 aliphatic rings. The van der Waals surface area contributed by atoms with E-state index in [1.165, 1.54) is 6.08 Å². The Morgan fingerprint density at radius 3 is 2.89 bits per heavy atom. The summed E-state index contributed by atoms with van der Waals surface area (Å²) in [5.74, 6) is 1.22. The molecule has 0 N–H and O–H groups in total. The van der Waals surface area contributed by atoms with Gasteiger partial charge in [-0.2, -0.15) is 0 Å². The highest BCUT2D eigenvalue weighted by atomic mass is 35.5. The summed E-state index contributed by atoms with van der Waals surface area (Å²) in [7, 11) is 0. The Morgan fingerprint density at radius 1 is 1.53 bits per heavy atom. The zero-order valence-electron chi connectivity index (χ0n) is 10.7. The van der Waals surface area contributed by atoms with Gasteiger partial charge in [-0.1, -0.05) is 25.4 Å². The minimum Gasteiger partial charge on any atom is -0.454 e. The molecular weight excluding hydrogens is 270 g/mol. The minimum absolute atomic E-state index is 0.121. The van der Waals surface area contributed by atoms with Crippen LogP contribution in [-0.2, 0) is 0 Å². The standard InChI is InChI=1S/C13H14ClNO4/c1-8(2)3-10(15(16)17)4-9-5-11(14)13-12(6-9)18-7-19-13/h4-6,8H,3,7H2,1-2H3. The largest absolute Gasteiger partial charge is 0.454 e. The summed E-state index contributed by atoms with van der Waals surface area (Å²) in [6.45, 7) is 3.99. The predicted molar refractivity (Wildman–Crippen MR) is 72.0 cm³/mol. The third kappa shape index (κ3) is 3.17. The smallest absolute Gasteiger partial charge is 0.247 e. The topological polar surface area (TPSA) is 61.6 Å². The average molecular weight is 284 g/mol. The number of nitrogens with zero attached hydrogens (tertiary/aromatic N) is 1. The summed E-state index contributed by atoms with van der Waals surface area (Å²) in [5.41, 5.74) is 0.798. The van der Waals surface area contributed by atoms with Crippen molar-refractivity contribution in [3.8, 4) is 11.5 Å². The Hall–Kier alpha value is -1.75. The van der Waals surface area contributed by atoms with Crippen LogP contribution in [-0.4, -0.2) is 11.7 Å². The maximum Gasteiger partial charge on any atom is 0.247 e. The van der Waals surface area contributed by atoms with E-state index in [1.54, 1.807) is 12.1 Å². The highest BCUT2D eigenvalue weighted by Crippen LogP contribution is 2.40. The molecule has 6 heteroatoms. The molecule has 0 bridgehead atoms. The summed E-state index contributed by atoms with van der Waals surface area (Å²) in [6, 6.07) is 3.33. The molecule has 0 unspecified atom stereocenters. The number of allylic oxidation sites excluding steroid dienone is 1. The van der Waals surface area contributed by atoms with Crippen LogP contribution in [0.4, 0.5) is 0 Å². The quantitative estimate of drug-likeness (QED) is 0.624. The molecular formula is C13H14ClNO4. The molecule has 102 valence electrons. The van der Waals surface area contributed by atoms with Crippen LogP contribution in [0.1, 0.15) is 25.8 Å². The van der Waals surface area contributed by atoms with E-state index in [2.05, 4.69) is 0 Å². The first kappa shape index (κ1) is 13.7. The van der Waals surface area contributed by atoms with Gasteiger partial charge in [-0.15, -0.1) is 0 Å². The van der Waals surface area contributed by atoms with Gasteiger partial charge in [0, 0.05) is 12.5 Å². The molecule has 0 amide bonds. The van der Waals surface area contributed by atoms with Crippen LogP contribution < -0.4 is 9.47 Å². The lowest BCUT2D eigenvalue weighted by atomic mass is 10.1. The molecule has 2 rings (SSSR count). The second-order valence-electron chi connectivity index (χ2n) is 4.73. The fourth-order valence-corrected chi connectivity index (χ4v) is 2.14. The van der Waals surface area contributed by atoms with E-state index in [1.807, 2.05) is 13.8 Å². The molecule has 0 saturated heterocycles. The van der Waals surface area contributed by atoms with E-state index in [4.69, 9.17) is 21.1 Å². The molecule has 0 spiro atoms. The van der Waals surface area contributed by atoms with Crippen LogP contribution in [0.5, 0.6) is 11.5 Å². The number of benzene rings is 1. The first-order valence-electron chi connectivity index (χ1n) is 5.91. The molecule has 5 nitrogen and oxygen atoms in total. The summed E-state index contributed by atoms with van der Waals surface area (Å²) in [6.07, 6.45) is 1.92.